The fourth-order valence-corrected chi connectivity index (χ4v) is 2.15. The summed E-state index contributed by atoms with van der Waals surface area (Å²) in [5.74, 6) is 0.541. The second kappa shape index (κ2) is 4.14. The summed E-state index contributed by atoms with van der Waals surface area (Å²) in [5.41, 5.74) is 2.78. The SMILES string of the molecule is Cc1ccccc1[C@@H]1NC(=O)c2cccnc2N1. The van der Waals surface area contributed by atoms with Crippen molar-refractivity contribution >= 4 is 11.7 Å². The quantitative estimate of drug-likeness (QED) is 0.802. The number of carbonyl (C=O) groups excluding carboxylic acids is 1. The first-order chi connectivity index (χ1) is 8.75. The Bertz CT molecular complexity index is 609. The highest BCUT2D eigenvalue weighted by Gasteiger charge is 2.25. The van der Waals surface area contributed by atoms with E-state index in [2.05, 4.69) is 15.6 Å². The zero-order valence-corrected chi connectivity index (χ0v) is 9.97. The van der Waals surface area contributed by atoms with Crippen molar-refractivity contribution in [1.82, 2.24) is 10.3 Å². The topological polar surface area (TPSA) is 54.0 Å². The Hall–Kier alpha value is -2.36. The Balaban J connectivity index is 2.00. The molecule has 1 aromatic carbocycles. The van der Waals surface area contributed by atoms with Crippen LogP contribution in [0.5, 0.6) is 0 Å². The first-order valence-corrected chi connectivity index (χ1v) is 5.83. The molecular formula is C14H13N3O. The van der Waals surface area contributed by atoms with E-state index in [0.717, 1.165) is 11.1 Å². The predicted octanol–water partition coefficient (Wildman–Crippen LogP) is 2.24. The molecule has 4 heteroatoms. The normalized spacial score (nSPS) is 17.6. The van der Waals surface area contributed by atoms with E-state index in [1.165, 1.54) is 0 Å². The van der Waals surface area contributed by atoms with Gasteiger partial charge in [0.05, 0.1) is 5.56 Å². The molecule has 18 heavy (non-hydrogen) atoms. The van der Waals surface area contributed by atoms with Crippen molar-refractivity contribution in [3.8, 4) is 0 Å². The predicted molar refractivity (Wildman–Crippen MR) is 69.2 cm³/mol. The molecule has 0 fully saturated rings. The number of pyridine rings is 1. The van der Waals surface area contributed by atoms with E-state index < -0.39 is 0 Å². The van der Waals surface area contributed by atoms with E-state index in [-0.39, 0.29) is 12.1 Å². The summed E-state index contributed by atoms with van der Waals surface area (Å²) in [5, 5.41) is 6.18. The average Bonchev–Trinajstić information content (AvgIpc) is 2.39. The van der Waals surface area contributed by atoms with Crippen LogP contribution in [0.15, 0.2) is 42.6 Å². The van der Waals surface area contributed by atoms with Gasteiger partial charge in [-0.25, -0.2) is 4.98 Å². The first-order valence-electron chi connectivity index (χ1n) is 5.83. The molecule has 0 bridgehead atoms. The molecule has 0 unspecified atom stereocenters. The van der Waals surface area contributed by atoms with Gasteiger partial charge >= 0.3 is 0 Å². The molecule has 90 valence electrons. The summed E-state index contributed by atoms with van der Waals surface area (Å²) in [4.78, 5) is 16.2. The number of fused-ring (bicyclic) bond motifs is 1. The maximum Gasteiger partial charge on any atom is 0.256 e. The van der Waals surface area contributed by atoms with E-state index in [1.807, 2.05) is 31.2 Å². The van der Waals surface area contributed by atoms with Crippen LogP contribution >= 0.6 is 0 Å². The number of nitrogens with one attached hydrogen (secondary N) is 2. The van der Waals surface area contributed by atoms with Gasteiger partial charge in [0, 0.05) is 6.20 Å². The number of benzene rings is 1. The molecule has 2 heterocycles. The third-order valence-electron chi connectivity index (χ3n) is 3.11. The highest BCUT2D eigenvalue weighted by atomic mass is 16.2. The highest BCUT2D eigenvalue weighted by molar-refractivity contribution is 6.00. The Morgan fingerprint density at radius 3 is 2.78 bits per heavy atom. The summed E-state index contributed by atoms with van der Waals surface area (Å²) in [6, 6.07) is 11.5. The van der Waals surface area contributed by atoms with Crippen LogP contribution in [0, 0.1) is 6.92 Å². The Morgan fingerprint density at radius 2 is 1.94 bits per heavy atom. The Kier molecular flexibility index (Phi) is 2.48. The molecule has 3 rings (SSSR count). The molecule has 2 N–H and O–H groups in total. The van der Waals surface area contributed by atoms with Gasteiger partial charge in [-0.05, 0) is 30.2 Å². The number of amides is 1. The minimum absolute atomic E-state index is 0.0925. The van der Waals surface area contributed by atoms with E-state index >= 15 is 0 Å². The van der Waals surface area contributed by atoms with Gasteiger partial charge in [-0.1, -0.05) is 24.3 Å². The molecule has 4 nitrogen and oxygen atoms in total. The van der Waals surface area contributed by atoms with Crippen molar-refractivity contribution in [2.45, 2.75) is 13.1 Å². The van der Waals surface area contributed by atoms with Gasteiger partial charge in [0.2, 0.25) is 0 Å². The molecule has 0 saturated carbocycles. The van der Waals surface area contributed by atoms with E-state index in [4.69, 9.17) is 0 Å². The van der Waals surface area contributed by atoms with Crippen LogP contribution in [0.4, 0.5) is 5.82 Å². The number of hydrogen-bond acceptors (Lipinski definition) is 3. The lowest BCUT2D eigenvalue weighted by Gasteiger charge is -2.28. The number of nitrogens with zero attached hydrogens (tertiary/aromatic N) is 1. The second-order valence-electron chi connectivity index (χ2n) is 4.31. The number of aryl methyl sites for hydroxylation is 1. The molecule has 0 aliphatic carbocycles. The number of carbonyl (C=O) groups is 1. The summed E-state index contributed by atoms with van der Waals surface area (Å²) in [6.07, 6.45) is 1.46. The Labute approximate surface area is 105 Å². The van der Waals surface area contributed by atoms with Gasteiger partial charge in [0.15, 0.2) is 0 Å². The van der Waals surface area contributed by atoms with Gasteiger partial charge in [0.25, 0.3) is 5.91 Å². The molecule has 0 radical (unpaired) electrons. The van der Waals surface area contributed by atoms with E-state index in [1.54, 1.807) is 18.3 Å². The highest BCUT2D eigenvalue weighted by Crippen LogP contribution is 2.25. The maximum absolute atomic E-state index is 12.0. The molecule has 1 atom stereocenters. The zero-order chi connectivity index (χ0) is 12.5. The summed E-state index contributed by atoms with van der Waals surface area (Å²) in [6.45, 7) is 2.02. The minimum Gasteiger partial charge on any atom is -0.346 e. The number of aromatic nitrogens is 1. The van der Waals surface area contributed by atoms with Crippen LogP contribution in [0.3, 0.4) is 0 Å². The summed E-state index contributed by atoms with van der Waals surface area (Å²) < 4.78 is 0. The third-order valence-corrected chi connectivity index (χ3v) is 3.11. The van der Waals surface area contributed by atoms with Gasteiger partial charge in [-0.3, -0.25) is 4.79 Å². The fraction of sp³-hybridized carbons (Fsp3) is 0.143. The van der Waals surface area contributed by atoms with Gasteiger partial charge in [0.1, 0.15) is 12.0 Å². The molecular weight excluding hydrogens is 226 g/mol. The Morgan fingerprint density at radius 1 is 1.11 bits per heavy atom. The van der Waals surface area contributed by atoms with E-state index in [9.17, 15) is 4.79 Å². The van der Waals surface area contributed by atoms with Crippen LogP contribution in [-0.4, -0.2) is 10.9 Å². The summed E-state index contributed by atoms with van der Waals surface area (Å²) in [7, 11) is 0. The van der Waals surface area contributed by atoms with Gasteiger partial charge in [-0.15, -0.1) is 0 Å². The van der Waals surface area contributed by atoms with Crippen molar-refractivity contribution in [2.24, 2.45) is 0 Å². The molecule has 1 aromatic heterocycles. The van der Waals surface area contributed by atoms with Crippen molar-refractivity contribution in [3.63, 3.8) is 0 Å². The molecule has 0 saturated heterocycles. The summed E-state index contributed by atoms with van der Waals surface area (Å²) >= 11 is 0. The largest absolute Gasteiger partial charge is 0.346 e. The molecule has 1 aliphatic rings. The number of anilines is 1. The van der Waals surface area contributed by atoms with Crippen molar-refractivity contribution < 1.29 is 4.79 Å². The maximum atomic E-state index is 12.0. The smallest absolute Gasteiger partial charge is 0.256 e. The monoisotopic (exact) mass is 239 g/mol. The standard InChI is InChI=1S/C14H13N3O/c1-9-5-2-3-6-10(9)13-16-12-11(14(18)17-13)7-4-8-15-12/h2-8,13H,1H3,(H,15,16)(H,17,18)/t13-/m0/s1. The van der Waals surface area contributed by atoms with Crippen LogP contribution in [0.2, 0.25) is 0 Å². The van der Waals surface area contributed by atoms with Crippen LogP contribution in [0.1, 0.15) is 27.7 Å². The second-order valence-corrected chi connectivity index (χ2v) is 4.31. The minimum atomic E-state index is -0.221. The van der Waals surface area contributed by atoms with Crippen LogP contribution < -0.4 is 10.6 Å². The molecule has 2 aromatic rings. The molecule has 1 amide bonds. The van der Waals surface area contributed by atoms with Crippen molar-refractivity contribution in [3.05, 3.63) is 59.3 Å². The first kappa shape index (κ1) is 10.8. The van der Waals surface area contributed by atoms with E-state index in [0.29, 0.717) is 11.4 Å². The number of rotatable bonds is 1. The van der Waals surface area contributed by atoms with Crippen LogP contribution in [0.25, 0.3) is 0 Å². The lowest BCUT2D eigenvalue weighted by atomic mass is 10.0. The fourth-order valence-electron chi connectivity index (χ4n) is 2.15. The average molecular weight is 239 g/mol. The molecule has 1 aliphatic heterocycles. The lowest BCUT2D eigenvalue weighted by molar-refractivity contribution is 0.0935. The zero-order valence-electron chi connectivity index (χ0n) is 9.97. The van der Waals surface area contributed by atoms with Gasteiger partial charge < -0.3 is 10.6 Å². The number of hydrogen-bond donors (Lipinski definition) is 2. The molecule has 0 spiro atoms. The lowest BCUT2D eigenvalue weighted by Crippen LogP contribution is -2.39. The van der Waals surface area contributed by atoms with Crippen molar-refractivity contribution in [1.29, 1.82) is 0 Å². The van der Waals surface area contributed by atoms with Gasteiger partial charge in [-0.2, -0.15) is 0 Å². The van der Waals surface area contributed by atoms with Crippen molar-refractivity contribution in [2.75, 3.05) is 5.32 Å². The van der Waals surface area contributed by atoms with Crippen LogP contribution in [-0.2, 0) is 0 Å². The third kappa shape index (κ3) is 1.72.